The molecule has 4 aromatic heterocycles. The van der Waals surface area contributed by atoms with E-state index in [9.17, 15) is 4.79 Å². The molecule has 7 heteroatoms. The maximum absolute atomic E-state index is 12.3. The van der Waals surface area contributed by atoms with Crippen molar-refractivity contribution >= 4 is 5.65 Å². The monoisotopic (exact) mass is 320 g/mol. The third-order valence-corrected chi connectivity index (χ3v) is 4.04. The normalized spacial score (nSPS) is 11.2. The highest BCUT2D eigenvalue weighted by Crippen LogP contribution is 2.17. The average molecular weight is 320 g/mol. The van der Waals surface area contributed by atoms with Crippen molar-refractivity contribution in [1.29, 1.82) is 0 Å². The Balaban J connectivity index is 1.67. The Hall–Kier alpha value is -3.22. The van der Waals surface area contributed by atoms with E-state index in [4.69, 9.17) is 0 Å². The van der Waals surface area contributed by atoms with Crippen molar-refractivity contribution in [2.45, 2.75) is 12.8 Å². The number of pyridine rings is 1. The minimum absolute atomic E-state index is 0.116. The topological polar surface area (TPSA) is 80.9 Å². The number of aromatic nitrogens is 6. The van der Waals surface area contributed by atoms with E-state index in [-0.39, 0.29) is 5.56 Å². The number of fused-ring (bicyclic) bond motifs is 1. The fourth-order valence-corrected chi connectivity index (χ4v) is 2.74. The third kappa shape index (κ3) is 2.60. The molecule has 120 valence electrons. The molecular weight excluding hydrogens is 304 g/mol. The lowest BCUT2D eigenvalue weighted by Gasteiger charge is -2.02. The van der Waals surface area contributed by atoms with Crippen LogP contribution in [0.25, 0.3) is 16.9 Å². The summed E-state index contributed by atoms with van der Waals surface area (Å²) in [4.78, 5) is 21.0. The van der Waals surface area contributed by atoms with Crippen LogP contribution in [0.2, 0.25) is 0 Å². The minimum atomic E-state index is -0.116. The Morgan fingerprint density at radius 2 is 2.08 bits per heavy atom. The highest BCUT2D eigenvalue weighted by Gasteiger charge is 2.09. The van der Waals surface area contributed by atoms with Crippen molar-refractivity contribution in [2.24, 2.45) is 7.05 Å². The first-order valence-electron chi connectivity index (χ1n) is 7.70. The van der Waals surface area contributed by atoms with Crippen LogP contribution in [-0.4, -0.2) is 29.4 Å². The smallest absolute Gasteiger partial charge is 0.272 e. The van der Waals surface area contributed by atoms with Crippen molar-refractivity contribution in [1.82, 2.24) is 29.4 Å². The van der Waals surface area contributed by atoms with E-state index in [1.807, 2.05) is 36.0 Å². The molecule has 0 fully saturated rings. The SMILES string of the molecule is Cn1nccc1CCc1cc(=O)n2[nH]c(-c3cccnc3)cc2n1. The fraction of sp³-hybridized carbons (Fsp3) is 0.176. The van der Waals surface area contributed by atoms with Gasteiger partial charge in [-0.25, -0.2) is 9.50 Å². The van der Waals surface area contributed by atoms with Crippen LogP contribution in [-0.2, 0) is 19.9 Å². The number of hydrogen-bond acceptors (Lipinski definition) is 4. The summed E-state index contributed by atoms with van der Waals surface area (Å²) in [6.45, 7) is 0. The summed E-state index contributed by atoms with van der Waals surface area (Å²) in [5, 5.41) is 7.23. The lowest BCUT2D eigenvalue weighted by molar-refractivity contribution is 0.699. The van der Waals surface area contributed by atoms with E-state index >= 15 is 0 Å². The molecule has 4 aromatic rings. The molecule has 0 atom stereocenters. The summed E-state index contributed by atoms with van der Waals surface area (Å²) in [6.07, 6.45) is 6.72. The van der Waals surface area contributed by atoms with E-state index in [0.29, 0.717) is 12.1 Å². The van der Waals surface area contributed by atoms with Gasteiger partial charge in [-0.1, -0.05) is 0 Å². The third-order valence-electron chi connectivity index (χ3n) is 4.04. The quantitative estimate of drug-likeness (QED) is 0.619. The second kappa shape index (κ2) is 5.77. The predicted octanol–water partition coefficient (Wildman–Crippen LogP) is 1.60. The van der Waals surface area contributed by atoms with Crippen LogP contribution in [0, 0.1) is 0 Å². The lowest BCUT2D eigenvalue weighted by Crippen LogP contribution is -2.16. The molecule has 4 heterocycles. The maximum atomic E-state index is 12.3. The molecule has 0 radical (unpaired) electrons. The summed E-state index contributed by atoms with van der Waals surface area (Å²) < 4.78 is 3.29. The van der Waals surface area contributed by atoms with E-state index in [1.165, 1.54) is 4.52 Å². The number of aryl methyl sites for hydroxylation is 3. The Morgan fingerprint density at radius 3 is 2.83 bits per heavy atom. The number of hydrogen-bond donors (Lipinski definition) is 1. The van der Waals surface area contributed by atoms with Gasteiger partial charge in [-0.15, -0.1) is 0 Å². The van der Waals surface area contributed by atoms with Gasteiger partial charge < -0.3 is 0 Å². The first-order chi connectivity index (χ1) is 11.7. The van der Waals surface area contributed by atoms with Crippen molar-refractivity contribution in [3.8, 4) is 11.3 Å². The van der Waals surface area contributed by atoms with Gasteiger partial charge in [-0.3, -0.25) is 19.6 Å². The van der Waals surface area contributed by atoms with Gasteiger partial charge in [0.25, 0.3) is 5.56 Å². The van der Waals surface area contributed by atoms with Crippen LogP contribution in [0.3, 0.4) is 0 Å². The van der Waals surface area contributed by atoms with Crippen LogP contribution in [0.15, 0.2) is 53.7 Å². The molecule has 1 N–H and O–H groups in total. The first-order valence-corrected chi connectivity index (χ1v) is 7.70. The Bertz CT molecular complexity index is 1040. The average Bonchev–Trinajstić information content (AvgIpc) is 3.20. The summed E-state index contributed by atoms with van der Waals surface area (Å²) in [5.74, 6) is 0. The van der Waals surface area contributed by atoms with Gasteiger partial charge in [-0.05, 0) is 31.0 Å². The molecule has 0 bridgehead atoms. The standard InChI is InChI=1S/C17H16N6O/c1-22-14(6-8-19-22)5-4-13-9-17(24)23-16(20-13)10-15(21-23)12-3-2-7-18-11-12/h2-3,6-11,21H,4-5H2,1H3. The molecule has 0 aliphatic carbocycles. The van der Waals surface area contributed by atoms with E-state index in [1.54, 1.807) is 24.7 Å². The zero-order valence-electron chi connectivity index (χ0n) is 13.2. The van der Waals surface area contributed by atoms with Crippen molar-refractivity contribution in [3.63, 3.8) is 0 Å². The Kier molecular flexibility index (Phi) is 3.45. The number of nitrogens with one attached hydrogen (secondary N) is 1. The first kappa shape index (κ1) is 14.4. The van der Waals surface area contributed by atoms with Gasteiger partial charge in [0.1, 0.15) is 0 Å². The molecule has 0 aliphatic heterocycles. The lowest BCUT2D eigenvalue weighted by atomic mass is 10.2. The van der Waals surface area contributed by atoms with Crippen LogP contribution in [0.1, 0.15) is 11.4 Å². The number of rotatable bonds is 4. The summed E-state index contributed by atoms with van der Waals surface area (Å²) >= 11 is 0. The van der Waals surface area contributed by atoms with Crippen LogP contribution in [0.5, 0.6) is 0 Å². The van der Waals surface area contributed by atoms with Gasteiger partial charge in [0, 0.05) is 54.7 Å². The van der Waals surface area contributed by atoms with Crippen LogP contribution >= 0.6 is 0 Å². The van der Waals surface area contributed by atoms with Crippen LogP contribution < -0.4 is 5.56 Å². The second-order valence-corrected chi connectivity index (χ2v) is 5.64. The molecule has 0 aromatic carbocycles. The molecule has 7 nitrogen and oxygen atoms in total. The van der Waals surface area contributed by atoms with Crippen molar-refractivity contribution < 1.29 is 0 Å². The van der Waals surface area contributed by atoms with Crippen molar-refractivity contribution in [3.05, 3.63) is 70.7 Å². The summed E-state index contributed by atoms with van der Waals surface area (Å²) in [5.41, 5.74) is 4.12. The molecule has 0 aliphatic rings. The van der Waals surface area contributed by atoms with Gasteiger partial charge in [0.2, 0.25) is 0 Å². The molecule has 0 saturated heterocycles. The van der Waals surface area contributed by atoms with Gasteiger partial charge in [-0.2, -0.15) is 5.10 Å². The minimum Gasteiger partial charge on any atom is -0.289 e. The maximum Gasteiger partial charge on any atom is 0.272 e. The van der Waals surface area contributed by atoms with Crippen molar-refractivity contribution in [2.75, 3.05) is 0 Å². The molecular formula is C17H16N6O. The predicted molar refractivity (Wildman–Crippen MR) is 89.7 cm³/mol. The van der Waals surface area contributed by atoms with Gasteiger partial charge in [0.15, 0.2) is 5.65 Å². The van der Waals surface area contributed by atoms with Crippen LogP contribution in [0.4, 0.5) is 0 Å². The highest BCUT2D eigenvalue weighted by atomic mass is 16.1. The fourth-order valence-electron chi connectivity index (χ4n) is 2.74. The molecule has 0 amide bonds. The second-order valence-electron chi connectivity index (χ2n) is 5.64. The van der Waals surface area contributed by atoms with Gasteiger partial charge >= 0.3 is 0 Å². The molecule has 0 unspecified atom stereocenters. The van der Waals surface area contributed by atoms with Gasteiger partial charge in [0.05, 0.1) is 5.69 Å². The zero-order chi connectivity index (χ0) is 16.5. The molecule has 24 heavy (non-hydrogen) atoms. The number of H-pyrrole nitrogens is 1. The Labute approximate surface area is 137 Å². The molecule has 0 spiro atoms. The number of aromatic amines is 1. The molecule has 0 saturated carbocycles. The summed E-state index contributed by atoms with van der Waals surface area (Å²) in [6, 6.07) is 9.21. The largest absolute Gasteiger partial charge is 0.289 e. The molecule has 4 rings (SSSR count). The zero-order valence-corrected chi connectivity index (χ0v) is 13.2. The van der Waals surface area contributed by atoms with E-state index < -0.39 is 0 Å². The van der Waals surface area contributed by atoms with E-state index in [0.717, 1.165) is 29.1 Å². The summed E-state index contributed by atoms with van der Waals surface area (Å²) in [7, 11) is 1.91. The number of nitrogens with zero attached hydrogens (tertiary/aromatic N) is 5. The Morgan fingerprint density at radius 1 is 1.17 bits per heavy atom. The highest BCUT2D eigenvalue weighted by molar-refractivity contribution is 5.62. The van der Waals surface area contributed by atoms with E-state index in [2.05, 4.69) is 20.2 Å².